The van der Waals surface area contributed by atoms with Crippen LogP contribution in [-0.2, 0) is 14.6 Å². The van der Waals surface area contributed by atoms with E-state index in [4.69, 9.17) is 15.6 Å². The van der Waals surface area contributed by atoms with Crippen molar-refractivity contribution in [2.75, 3.05) is 19.5 Å². The molecule has 0 radical (unpaired) electrons. The van der Waals surface area contributed by atoms with E-state index in [2.05, 4.69) is 0 Å². The molecule has 0 aliphatic heterocycles. The van der Waals surface area contributed by atoms with Crippen LogP contribution in [0.1, 0.15) is 6.42 Å². The van der Waals surface area contributed by atoms with Crippen LogP contribution in [0.3, 0.4) is 0 Å². The molecule has 0 bridgehead atoms. The van der Waals surface area contributed by atoms with Crippen molar-refractivity contribution in [3.63, 3.8) is 0 Å². The maximum Gasteiger partial charge on any atom is 0.180 e. The predicted molar refractivity (Wildman–Crippen MR) is 56.6 cm³/mol. The number of methoxy groups -OCH3 is 1. The minimum atomic E-state index is -3.45. The van der Waals surface area contributed by atoms with Gasteiger partial charge in [-0.1, -0.05) is 6.08 Å². The van der Waals surface area contributed by atoms with Gasteiger partial charge in [-0.2, -0.15) is 0 Å². The van der Waals surface area contributed by atoms with Gasteiger partial charge in [0.25, 0.3) is 0 Å². The van der Waals surface area contributed by atoms with Gasteiger partial charge in [0.05, 0.1) is 17.3 Å². The van der Waals surface area contributed by atoms with Crippen molar-refractivity contribution in [2.45, 2.75) is 12.1 Å². The van der Waals surface area contributed by atoms with E-state index in [-0.39, 0.29) is 10.7 Å². The minimum absolute atomic E-state index is 0.104. The summed E-state index contributed by atoms with van der Waals surface area (Å²) in [6.07, 6.45) is 4.93. The summed E-state index contributed by atoms with van der Waals surface area (Å²) in [5.41, 5.74) is 4.70. The maximum absolute atomic E-state index is 11.6. The van der Waals surface area contributed by atoms with Crippen molar-refractivity contribution in [1.29, 1.82) is 0 Å². The summed E-state index contributed by atoms with van der Waals surface area (Å²) in [6.45, 7) is -0.405. The summed E-state index contributed by atoms with van der Waals surface area (Å²) in [4.78, 5) is 0.104. The monoisotopic (exact) mass is 233 g/mol. The molecule has 0 amide bonds. The quantitative estimate of drug-likeness (QED) is 0.641. The molecule has 3 N–H and O–H groups in total. The largest absolute Gasteiger partial charge is 0.395 e. The highest BCUT2D eigenvalue weighted by atomic mass is 32.2. The number of sulfone groups is 1. The van der Waals surface area contributed by atoms with Gasteiger partial charge in [-0.25, -0.2) is 8.42 Å². The van der Waals surface area contributed by atoms with Crippen molar-refractivity contribution in [2.24, 2.45) is 5.73 Å². The molecule has 1 atom stereocenters. The Labute approximate surface area is 89.1 Å². The van der Waals surface area contributed by atoms with Crippen molar-refractivity contribution in [1.82, 2.24) is 0 Å². The molecule has 1 aliphatic carbocycles. The van der Waals surface area contributed by atoms with Gasteiger partial charge in [0, 0.05) is 13.5 Å². The SMILES string of the molecule is COC1(N)C=C(S(=O)(=O)CCO)C=CC1. The first-order valence-corrected chi connectivity index (χ1v) is 6.16. The van der Waals surface area contributed by atoms with Crippen LogP contribution >= 0.6 is 0 Å². The van der Waals surface area contributed by atoms with Crippen LogP contribution in [-0.4, -0.2) is 38.7 Å². The zero-order valence-corrected chi connectivity index (χ0v) is 9.33. The van der Waals surface area contributed by atoms with Gasteiger partial charge in [-0.05, 0) is 12.2 Å². The summed E-state index contributed by atoms with van der Waals surface area (Å²) in [7, 11) is -2.03. The molecular weight excluding hydrogens is 218 g/mol. The molecular formula is C9H15NO4S. The van der Waals surface area contributed by atoms with Crippen molar-refractivity contribution in [3.8, 4) is 0 Å². The highest BCUT2D eigenvalue weighted by Gasteiger charge is 2.27. The van der Waals surface area contributed by atoms with E-state index in [1.54, 1.807) is 6.08 Å². The number of aliphatic hydroxyl groups excluding tert-OH is 1. The predicted octanol–water partition coefficient (Wildman–Crippen LogP) is -0.461. The Hall–Kier alpha value is -0.690. The fourth-order valence-corrected chi connectivity index (χ4v) is 2.44. The lowest BCUT2D eigenvalue weighted by molar-refractivity contribution is 0.0394. The number of ether oxygens (including phenoxy) is 1. The highest BCUT2D eigenvalue weighted by Crippen LogP contribution is 2.23. The van der Waals surface area contributed by atoms with E-state index in [9.17, 15) is 8.42 Å². The molecule has 0 heterocycles. The van der Waals surface area contributed by atoms with Crippen molar-refractivity contribution < 1.29 is 18.3 Å². The highest BCUT2D eigenvalue weighted by molar-refractivity contribution is 7.95. The second-order valence-corrected chi connectivity index (χ2v) is 5.46. The third-order valence-corrected chi connectivity index (χ3v) is 3.90. The molecule has 1 aliphatic rings. The Morgan fingerprint density at radius 2 is 2.33 bits per heavy atom. The fourth-order valence-electron chi connectivity index (χ4n) is 1.28. The summed E-state index contributed by atoms with van der Waals surface area (Å²) >= 11 is 0. The molecule has 0 fully saturated rings. The third-order valence-electron chi connectivity index (χ3n) is 2.20. The van der Waals surface area contributed by atoms with E-state index < -0.39 is 22.2 Å². The number of hydrogen-bond donors (Lipinski definition) is 2. The van der Waals surface area contributed by atoms with Crippen LogP contribution in [0.15, 0.2) is 23.1 Å². The van der Waals surface area contributed by atoms with Gasteiger partial charge in [-0.3, -0.25) is 5.73 Å². The summed E-state index contributed by atoms with van der Waals surface area (Å²) in [5.74, 6) is -0.303. The molecule has 86 valence electrons. The Bertz CT molecular complexity index is 385. The number of allylic oxidation sites excluding steroid dienone is 1. The van der Waals surface area contributed by atoms with E-state index in [0.717, 1.165) is 0 Å². The molecule has 0 aromatic rings. The Morgan fingerprint density at radius 3 is 2.87 bits per heavy atom. The number of hydrogen-bond acceptors (Lipinski definition) is 5. The zero-order chi connectivity index (χ0) is 11.5. The van der Waals surface area contributed by atoms with Gasteiger partial charge in [-0.15, -0.1) is 0 Å². The maximum atomic E-state index is 11.6. The lowest BCUT2D eigenvalue weighted by atomic mass is 10.1. The normalized spacial score (nSPS) is 26.5. The molecule has 15 heavy (non-hydrogen) atoms. The molecule has 1 unspecified atom stereocenters. The van der Waals surface area contributed by atoms with E-state index >= 15 is 0 Å². The lowest BCUT2D eigenvalue weighted by Gasteiger charge is -2.26. The van der Waals surface area contributed by atoms with Crippen LogP contribution in [0.25, 0.3) is 0 Å². The van der Waals surface area contributed by atoms with Gasteiger partial charge in [0.15, 0.2) is 9.84 Å². The van der Waals surface area contributed by atoms with E-state index in [0.29, 0.717) is 6.42 Å². The van der Waals surface area contributed by atoms with E-state index in [1.807, 2.05) is 0 Å². The Morgan fingerprint density at radius 1 is 1.67 bits per heavy atom. The zero-order valence-electron chi connectivity index (χ0n) is 8.51. The van der Waals surface area contributed by atoms with Crippen molar-refractivity contribution >= 4 is 9.84 Å². The average Bonchev–Trinajstić information content (AvgIpc) is 2.18. The fraction of sp³-hybridized carbons (Fsp3) is 0.556. The molecule has 0 aromatic carbocycles. The van der Waals surface area contributed by atoms with Gasteiger partial charge >= 0.3 is 0 Å². The second kappa shape index (κ2) is 4.44. The Balaban J connectivity index is 3.01. The summed E-state index contributed by atoms with van der Waals surface area (Å²) < 4.78 is 28.2. The van der Waals surface area contributed by atoms with E-state index in [1.165, 1.54) is 19.3 Å². The van der Waals surface area contributed by atoms with Crippen LogP contribution in [0.5, 0.6) is 0 Å². The Kier molecular flexibility index (Phi) is 3.67. The molecule has 0 saturated heterocycles. The summed E-state index contributed by atoms with van der Waals surface area (Å²) in [6, 6.07) is 0. The molecule has 0 spiro atoms. The molecule has 0 aromatic heterocycles. The standard InChI is InChI=1S/C9H15NO4S/c1-14-9(10)4-2-3-8(7-9)15(12,13)6-5-11/h2-3,7,11H,4-6,10H2,1H3. The van der Waals surface area contributed by atoms with Crippen LogP contribution in [0.4, 0.5) is 0 Å². The number of aliphatic hydroxyl groups is 1. The molecule has 1 rings (SSSR count). The molecule has 6 heteroatoms. The topological polar surface area (TPSA) is 89.6 Å². The first-order chi connectivity index (χ1) is 6.93. The lowest BCUT2D eigenvalue weighted by Crippen LogP contribution is -2.41. The van der Waals surface area contributed by atoms with Gasteiger partial charge < -0.3 is 9.84 Å². The number of rotatable bonds is 4. The molecule has 0 saturated carbocycles. The summed E-state index contributed by atoms with van der Waals surface area (Å²) in [5, 5.41) is 8.63. The van der Waals surface area contributed by atoms with Crippen LogP contribution in [0.2, 0.25) is 0 Å². The third kappa shape index (κ3) is 2.88. The van der Waals surface area contributed by atoms with Crippen LogP contribution < -0.4 is 5.73 Å². The number of nitrogens with two attached hydrogens (primary N) is 1. The molecule has 5 nitrogen and oxygen atoms in total. The van der Waals surface area contributed by atoms with Gasteiger partial charge in [0.1, 0.15) is 5.72 Å². The first-order valence-electron chi connectivity index (χ1n) is 4.50. The minimum Gasteiger partial charge on any atom is -0.395 e. The smallest absolute Gasteiger partial charge is 0.180 e. The average molecular weight is 233 g/mol. The second-order valence-electron chi connectivity index (χ2n) is 3.35. The van der Waals surface area contributed by atoms with Gasteiger partial charge in [0.2, 0.25) is 0 Å². The van der Waals surface area contributed by atoms with Crippen LogP contribution in [0, 0.1) is 0 Å². The van der Waals surface area contributed by atoms with Crippen molar-refractivity contribution in [3.05, 3.63) is 23.1 Å². The first kappa shape index (κ1) is 12.4.